The maximum absolute atomic E-state index is 12.4. The van der Waals surface area contributed by atoms with E-state index in [4.69, 9.17) is 0 Å². The van der Waals surface area contributed by atoms with E-state index in [-0.39, 0.29) is 0 Å². The van der Waals surface area contributed by atoms with Gasteiger partial charge in [0.15, 0.2) is 0 Å². The lowest BCUT2D eigenvalue weighted by molar-refractivity contribution is -0.137. The van der Waals surface area contributed by atoms with E-state index in [0.29, 0.717) is 6.54 Å². The summed E-state index contributed by atoms with van der Waals surface area (Å²) in [5, 5.41) is 0. The highest BCUT2D eigenvalue weighted by atomic mass is 19.4. The third-order valence-electron chi connectivity index (χ3n) is 2.66. The van der Waals surface area contributed by atoms with Crippen LogP contribution in [-0.2, 0) is 12.7 Å². The molecular formula is C13H19F3N2. The zero-order valence-electron chi connectivity index (χ0n) is 11.0. The van der Waals surface area contributed by atoms with Crippen molar-refractivity contribution in [3.05, 3.63) is 35.4 Å². The van der Waals surface area contributed by atoms with Crippen molar-refractivity contribution in [1.82, 2.24) is 9.80 Å². The summed E-state index contributed by atoms with van der Waals surface area (Å²) >= 11 is 0. The Labute approximate surface area is 106 Å². The predicted octanol–water partition coefficient (Wildman–Crippen LogP) is 2.70. The van der Waals surface area contributed by atoms with Crippen molar-refractivity contribution in [1.29, 1.82) is 0 Å². The van der Waals surface area contributed by atoms with Crippen LogP contribution in [0.2, 0.25) is 0 Å². The number of nitrogens with zero attached hydrogens (tertiary/aromatic N) is 2. The largest absolute Gasteiger partial charge is 0.416 e. The maximum Gasteiger partial charge on any atom is 0.416 e. The summed E-state index contributed by atoms with van der Waals surface area (Å²) < 4.78 is 37.1. The van der Waals surface area contributed by atoms with Gasteiger partial charge in [-0.1, -0.05) is 12.1 Å². The molecule has 0 amide bonds. The van der Waals surface area contributed by atoms with E-state index in [9.17, 15) is 13.2 Å². The molecule has 0 spiro atoms. The van der Waals surface area contributed by atoms with Crippen LogP contribution in [0.5, 0.6) is 0 Å². The smallest absolute Gasteiger partial charge is 0.308 e. The second-order valence-electron chi connectivity index (χ2n) is 4.74. The maximum atomic E-state index is 12.4. The van der Waals surface area contributed by atoms with Crippen molar-refractivity contribution in [3.63, 3.8) is 0 Å². The summed E-state index contributed by atoms with van der Waals surface area (Å²) in [6.45, 7) is 2.47. The van der Waals surface area contributed by atoms with E-state index in [2.05, 4.69) is 9.80 Å². The average Bonchev–Trinajstić information content (AvgIpc) is 2.26. The minimum Gasteiger partial charge on any atom is -0.308 e. The van der Waals surface area contributed by atoms with Gasteiger partial charge in [-0.3, -0.25) is 0 Å². The Balaban J connectivity index is 2.53. The number of benzene rings is 1. The lowest BCUT2D eigenvalue weighted by atomic mass is 10.1. The van der Waals surface area contributed by atoms with Gasteiger partial charge in [0.25, 0.3) is 0 Å². The standard InChI is InChI=1S/C13H19F3N2/c1-17(2)8-9-18(3)10-11-4-6-12(7-5-11)13(14,15)16/h4-7H,8-10H2,1-3H3. The Bertz CT molecular complexity index is 357. The molecule has 0 unspecified atom stereocenters. The van der Waals surface area contributed by atoms with Gasteiger partial charge in [-0.15, -0.1) is 0 Å². The first-order valence-corrected chi connectivity index (χ1v) is 5.78. The molecule has 0 N–H and O–H groups in total. The molecule has 0 atom stereocenters. The highest BCUT2D eigenvalue weighted by molar-refractivity contribution is 5.24. The SMILES string of the molecule is CN(C)CCN(C)Cc1ccc(C(F)(F)F)cc1. The Kier molecular flexibility index (Phi) is 5.16. The van der Waals surface area contributed by atoms with E-state index in [1.165, 1.54) is 12.1 Å². The third kappa shape index (κ3) is 5.06. The van der Waals surface area contributed by atoms with Crippen LogP contribution in [0.25, 0.3) is 0 Å². The first kappa shape index (κ1) is 15.0. The number of halogens is 3. The fraction of sp³-hybridized carbons (Fsp3) is 0.538. The summed E-state index contributed by atoms with van der Waals surface area (Å²) in [5.41, 5.74) is 0.298. The first-order chi connectivity index (χ1) is 8.29. The fourth-order valence-electron chi connectivity index (χ4n) is 1.56. The Morgan fingerprint density at radius 3 is 1.94 bits per heavy atom. The van der Waals surface area contributed by atoms with Gasteiger partial charge in [-0.25, -0.2) is 0 Å². The Morgan fingerprint density at radius 2 is 1.50 bits per heavy atom. The molecule has 5 heteroatoms. The lowest BCUT2D eigenvalue weighted by Crippen LogP contribution is -2.28. The molecule has 0 aromatic heterocycles. The molecule has 0 bridgehead atoms. The van der Waals surface area contributed by atoms with Gasteiger partial charge in [-0.05, 0) is 38.8 Å². The van der Waals surface area contributed by atoms with Gasteiger partial charge >= 0.3 is 6.18 Å². The molecule has 0 aliphatic carbocycles. The van der Waals surface area contributed by atoms with Gasteiger partial charge < -0.3 is 9.80 Å². The topological polar surface area (TPSA) is 6.48 Å². The highest BCUT2D eigenvalue weighted by Gasteiger charge is 2.29. The van der Waals surface area contributed by atoms with E-state index < -0.39 is 11.7 Å². The van der Waals surface area contributed by atoms with Crippen LogP contribution in [-0.4, -0.2) is 44.0 Å². The third-order valence-corrected chi connectivity index (χ3v) is 2.66. The van der Waals surface area contributed by atoms with Crippen molar-refractivity contribution in [2.24, 2.45) is 0 Å². The molecule has 102 valence electrons. The van der Waals surface area contributed by atoms with E-state index in [0.717, 1.165) is 30.8 Å². The van der Waals surface area contributed by atoms with Crippen LogP contribution in [0.15, 0.2) is 24.3 Å². The molecule has 1 rings (SSSR count). The van der Waals surface area contributed by atoms with Crippen LogP contribution in [0.3, 0.4) is 0 Å². The van der Waals surface area contributed by atoms with Crippen LogP contribution in [0, 0.1) is 0 Å². The minimum absolute atomic E-state index is 0.595. The number of likely N-dealkylation sites (N-methyl/N-ethyl adjacent to an activating group) is 2. The van der Waals surface area contributed by atoms with Gasteiger partial charge in [0.2, 0.25) is 0 Å². The summed E-state index contributed by atoms with van der Waals surface area (Å²) in [6.07, 6.45) is -4.25. The molecule has 0 aliphatic heterocycles. The van der Waals surface area contributed by atoms with Crippen LogP contribution in [0.4, 0.5) is 13.2 Å². The monoisotopic (exact) mass is 260 g/mol. The van der Waals surface area contributed by atoms with Crippen molar-refractivity contribution in [3.8, 4) is 0 Å². The molecule has 0 aliphatic rings. The Morgan fingerprint density at radius 1 is 0.944 bits per heavy atom. The summed E-state index contributed by atoms with van der Waals surface area (Å²) in [5.74, 6) is 0. The van der Waals surface area contributed by atoms with E-state index in [1.807, 2.05) is 21.1 Å². The average molecular weight is 260 g/mol. The molecule has 0 saturated carbocycles. The van der Waals surface area contributed by atoms with Gasteiger partial charge in [0.05, 0.1) is 5.56 Å². The van der Waals surface area contributed by atoms with Crippen LogP contribution >= 0.6 is 0 Å². The number of alkyl halides is 3. The summed E-state index contributed by atoms with van der Waals surface area (Å²) in [6, 6.07) is 5.34. The zero-order chi connectivity index (χ0) is 13.8. The van der Waals surface area contributed by atoms with Crippen molar-refractivity contribution >= 4 is 0 Å². The fourth-order valence-corrected chi connectivity index (χ4v) is 1.56. The zero-order valence-corrected chi connectivity index (χ0v) is 11.0. The molecule has 0 fully saturated rings. The van der Waals surface area contributed by atoms with E-state index in [1.54, 1.807) is 0 Å². The second kappa shape index (κ2) is 6.20. The second-order valence-corrected chi connectivity index (χ2v) is 4.74. The minimum atomic E-state index is -4.25. The molecule has 2 nitrogen and oxygen atoms in total. The predicted molar refractivity (Wildman–Crippen MR) is 66.3 cm³/mol. The molecular weight excluding hydrogens is 241 g/mol. The number of hydrogen-bond acceptors (Lipinski definition) is 2. The van der Waals surface area contributed by atoms with Crippen LogP contribution in [0.1, 0.15) is 11.1 Å². The van der Waals surface area contributed by atoms with Crippen molar-refractivity contribution in [2.75, 3.05) is 34.2 Å². The highest BCUT2D eigenvalue weighted by Crippen LogP contribution is 2.29. The molecule has 1 aromatic rings. The van der Waals surface area contributed by atoms with Gasteiger partial charge in [0, 0.05) is 19.6 Å². The first-order valence-electron chi connectivity index (χ1n) is 5.78. The van der Waals surface area contributed by atoms with E-state index >= 15 is 0 Å². The van der Waals surface area contributed by atoms with Crippen molar-refractivity contribution in [2.45, 2.75) is 12.7 Å². The quantitative estimate of drug-likeness (QED) is 0.803. The lowest BCUT2D eigenvalue weighted by Gasteiger charge is -2.19. The number of hydrogen-bond donors (Lipinski definition) is 0. The van der Waals surface area contributed by atoms with Gasteiger partial charge in [-0.2, -0.15) is 13.2 Å². The molecule has 0 heterocycles. The normalized spacial score (nSPS) is 12.4. The molecule has 18 heavy (non-hydrogen) atoms. The molecule has 0 saturated heterocycles. The summed E-state index contributed by atoms with van der Waals surface area (Å²) in [4.78, 5) is 4.16. The van der Waals surface area contributed by atoms with Gasteiger partial charge in [0.1, 0.15) is 0 Å². The van der Waals surface area contributed by atoms with Crippen LogP contribution < -0.4 is 0 Å². The van der Waals surface area contributed by atoms with Crippen molar-refractivity contribution < 1.29 is 13.2 Å². The summed E-state index contributed by atoms with van der Waals surface area (Å²) in [7, 11) is 5.94. The molecule has 0 radical (unpaired) electrons. The number of rotatable bonds is 5. The molecule has 1 aromatic carbocycles. The Hall–Kier alpha value is -1.07.